The predicted molar refractivity (Wildman–Crippen MR) is 51.0 cm³/mol. The highest BCUT2D eigenvalue weighted by Gasteiger charge is 2.36. The Balaban J connectivity index is 3.55. The van der Waals surface area contributed by atoms with Gasteiger partial charge in [0.1, 0.15) is 0 Å². The summed E-state index contributed by atoms with van der Waals surface area (Å²) in [4.78, 5) is 9.59. The van der Waals surface area contributed by atoms with Crippen LogP contribution in [-0.2, 0) is 12.7 Å². The summed E-state index contributed by atoms with van der Waals surface area (Å²) >= 11 is 5.38. The van der Waals surface area contributed by atoms with Gasteiger partial charge in [-0.2, -0.15) is 13.2 Å². The molecule has 0 aromatic heterocycles. The van der Waals surface area contributed by atoms with Crippen LogP contribution in [-0.4, -0.2) is 4.92 Å². The third-order valence-electron chi connectivity index (χ3n) is 1.90. The Morgan fingerprint density at radius 3 is 2.38 bits per heavy atom. The molecule has 0 aliphatic heterocycles. The lowest BCUT2D eigenvalue weighted by Crippen LogP contribution is -2.14. The van der Waals surface area contributed by atoms with Gasteiger partial charge in [-0.05, 0) is 6.07 Å². The molecule has 0 saturated carbocycles. The van der Waals surface area contributed by atoms with Gasteiger partial charge < -0.3 is 5.73 Å². The van der Waals surface area contributed by atoms with E-state index in [0.29, 0.717) is 6.07 Å². The molecule has 8 heteroatoms. The number of hydrogen-bond donors (Lipinski definition) is 1. The Morgan fingerprint density at radius 1 is 1.44 bits per heavy atom. The molecule has 0 fully saturated rings. The fraction of sp³-hybridized carbons (Fsp3) is 0.250. The van der Waals surface area contributed by atoms with Gasteiger partial charge in [0.2, 0.25) is 0 Å². The van der Waals surface area contributed by atoms with E-state index in [2.05, 4.69) is 0 Å². The van der Waals surface area contributed by atoms with Crippen LogP contribution in [0.3, 0.4) is 0 Å². The zero-order valence-corrected chi connectivity index (χ0v) is 8.47. The number of benzene rings is 1. The van der Waals surface area contributed by atoms with Gasteiger partial charge in [0.15, 0.2) is 0 Å². The van der Waals surface area contributed by atoms with Crippen LogP contribution in [0.2, 0.25) is 5.02 Å². The fourth-order valence-corrected chi connectivity index (χ4v) is 1.47. The topological polar surface area (TPSA) is 69.2 Å². The number of nitro groups is 1. The largest absolute Gasteiger partial charge is 0.417 e. The van der Waals surface area contributed by atoms with E-state index in [1.54, 1.807) is 0 Å². The van der Waals surface area contributed by atoms with Gasteiger partial charge in [0.25, 0.3) is 5.69 Å². The first-order valence-corrected chi connectivity index (χ1v) is 4.39. The first-order valence-electron chi connectivity index (χ1n) is 4.01. The van der Waals surface area contributed by atoms with Crippen molar-refractivity contribution in [2.75, 3.05) is 0 Å². The molecule has 0 amide bonds. The van der Waals surface area contributed by atoms with Gasteiger partial charge in [0, 0.05) is 17.6 Å². The molecule has 88 valence electrons. The highest BCUT2D eigenvalue weighted by molar-refractivity contribution is 6.30. The maximum atomic E-state index is 12.5. The van der Waals surface area contributed by atoms with E-state index >= 15 is 0 Å². The number of halogens is 4. The van der Waals surface area contributed by atoms with Crippen LogP contribution in [0, 0.1) is 10.1 Å². The highest BCUT2D eigenvalue weighted by Crippen LogP contribution is 2.37. The maximum absolute atomic E-state index is 12.5. The molecule has 1 rings (SSSR count). The monoisotopic (exact) mass is 254 g/mol. The first kappa shape index (κ1) is 12.7. The van der Waals surface area contributed by atoms with Crippen molar-refractivity contribution in [2.24, 2.45) is 5.73 Å². The summed E-state index contributed by atoms with van der Waals surface area (Å²) in [5.74, 6) is 0. The highest BCUT2D eigenvalue weighted by atomic mass is 35.5. The van der Waals surface area contributed by atoms with E-state index in [0.717, 1.165) is 6.07 Å². The molecule has 0 bridgehead atoms. The zero-order chi connectivity index (χ0) is 12.5. The minimum absolute atomic E-state index is 0.351. The van der Waals surface area contributed by atoms with Gasteiger partial charge in [-0.25, -0.2) is 0 Å². The van der Waals surface area contributed by atoms with E-state index in [9.17, 15) is 23.3 Å². The number of rotatable bonds is 2. The molecule has 1 aromatic carbocycles. The van der Waals surface area contributed by atoms with Crippen molar-refractivity contribution in [1.82, 2.24) is 0 Å². The van der Waals surface area contributed by atoms with Crippen molar-refractivity contribution in [3.63, 3.8) is 0 Å². The van der Waals surface area contributed by atoms with E-state index < -0.39 is 34.5 Å². The molecule has 2 N–H and O–H groups in total. The van der Waals surface area contributed by atoms with Gasteiger partial charge in [-0.15, -0.1) is 0 Å². The average molecular weight is 255 g/mol. The molecule has 0 atom stereocenters. The summed E-state index contributed by atoms with van der Waals surface area (Å²) in [7, 11) is 0. The van der Waals surface area contributed by atoms with Crippen molar-refractivity contribution in [3.05, 3.63) is 38.4 Å². The second kappa shape index (κ2) is 4.26. The number of hydrogen-bond acceptors (Lipinski definition) is 3. The Labute approximate surface area is 93.0 Å². The molecule has 16 heavy (non-hydrogen) atoms. The van der Waals surface area contributed by atoms with Crippen LogP contribution in [0.5, 0.6) is 0 Å². The summed E-state index contributed by atoms with van der Waals surface area (Å²) in [6.07, 6.45) is -4.72. The minimum Gasteiger partial charge on any atom is -0.326 e. The van der Waals surface area contributed by atoms with Crippen LogP contribution < -0.4 is 5.73 Å². The number of alkyl halides is 3. The van der Waals surface area contributed by atoms with Crippen LogP contribution >= 0.6 is 11.6 Å². The van der Waals surface area contributed by atoms with Gasteiger partial charge in [-0.1, -0.05) is 11.6 Å². The van der Waals surface area contributed by atoms with Crippen molar-refractivity contribution >= 4 is 17.3 Å². The summed E-state index contributed by atoms with van der Waals surface area (Å²) in [5.41, 5.74) is 2.63. The Hall–Kier alpha value is -1.34. The van der Waals surface area contributed by atoms with Crippen molar-refractivity contribution in [1.29, 1.82) is 0 Å². The SMILES string of the molecule is NCc1c([N+](=O)[O-])cc(Cl)cc1C(F)(F)F. The molecule has 1 aromatic rings. The van der Waals surface area contributed by atoms with E-state index in [1.165, 1.54) is 0 Å². The molecule has 0 heterocycles. The second-order valence-corrected chi connectivity index (χ2v) is 3.35. The van der Waals surface area contributed by atoms with Gasteiger partial charge in [0.05, 0.1) is 16.1 Å². The summed E-state index contributed by atoms with van der Waals surface area (Å²) in [6, 6.07) is 1.47. The zero-order valence-electron chi connectivity index (χ0n) is 7.71. The van der Waals surface area contributed by atoms with Gasteiger partial charge in [-0.3, -0.25) is 10.1 Å². The summed E-state index contributed by atoms with van der Waals surface area (Å²) in [6.45, 7) is -0.581. The van der Waals surface area contributed by atoms with E-state index in [4.69, 9.17) is 17.3 Å². The molecule has 0 aliphatic carbocycles. The number of nitrogens with zero attached hydrogens (tertiary/aromatic N) is 1. The van der Waals surface area contributed by atoms with Crippen LogP contribution in [0.4, 0.5) is 18.9 Å². The standard InChI is InChI=1S/C8H6ClF3N2O2/c9-4-1-6(8(10,11)12)5(3-13)7(2-4)14(15)16/h1-2H,3,13H2. The molecular weight excluding hydrogens is 249 g/mol. The normalized spacial score (nSPS) is 11.6. The number of nitro benzene ring substituents is 1. The second-order valence-electron chi connectivity index (χ2n) is 2.91. The van der Waals surface area contributed by atoms with Crippen molar-refractivity contribution in [2.45, 2.75) is 12.7 Å². The Morgan fingerprint density at radius 2 is 2.00 bits per heavy atom. The van der Waals surface area contributed by atoms with Crippen LogP contribution in [0.25, 0.3) is 0 Å². The van der Waals surface area contributed by atoms with E-state index in [1.807, 2.05) is 0 Å². The third kappa shape index (κ3) is 2.42. The predicted octanol–water partition coefficient (Wildman–Crippen LogP) is 2.73. The third-order valence-corrected chi connectivity index (χ3v) is 2.12. The fourth-order valence-electron chi connectivity index (χ4n) is 1.25. The molecule has 0 spiro atoms. The van der Waals surface area contributed by atoms with Crippen LogP contribution in [0.1, 0.15) is 11.1 Å². The molecule has 0 aliphatic rings. The molecule has 0 radical (unpaired) electrons. The van der Waals surface area contributed by atoms with Gasteiger partial charge >= 0.3 is 6.18 Å². The lowest BCUT2D eigenvalue weighted by Gasteiger charge is -2.12. The lowest BCUT2D eigenvalue weighted by atomic mass is 10.1. The molecule has 4 nitrogen and oxygen atoms in total. The minimum atomic E-state index is -4.72. The van der Waals surface area contributed by atoms with Crippen LogP contribution in [0.15, 0.2) is 12.1 Å². The van der Waals surface area contributed by atoms with Crippen molar-refractivity contribution in [3.8, 4) is 0 Å². The molecule has 0 saturated heterocycles. The quantitative estimate of drug-likeness (QED) is 0.652. The number of nitrogens with two attached hydrogens (primary N) is 1. The molecular formula is C8H6ClF3N2O2. The first-order chi connectivity index (χ1) is 7.27. The summed E-state index contributed by atoms with van der Waals surface area (Å²) in [5, 5.41) is 10.2. The van der Waals surface area contributed by atoms with E-state index in [-0.39, 0.29) is 5.02 Å². The Bertz CT molecular complexity index is 434. The lowest BCUT2D eigenvalue weighted by molar-refractivity contribution is -0.385. The smallest absolute Gasteiger partial charge is 0.326 e. The average Bonchev–Trinajstić information content (AvgIpc) is 2.14. The Kier molecular flexibility index (Phi) is 3.39. The summed E-state index contributed by atoms with van der Waals surface area (Å²) < 4.78 is 37.6. The maximum Gasteiger partial charge on any atom is 0.417 e. The molecule has 0 unspecified atom stereocenters. The van der Waals surface area contributed by atoms with Crippen molar-refractivity contribution < 1.29 is 18.1 Å².